The molecule has 0 spiro atoms. The maximum absolute atomic E-state index is 12.6. The van der Waals surface area contributed by atoms with Gasteiger partial charge in [0.1, 0.15) is 0 Å². The van der Waals surface area contributed by atoms with Crippen LogP contribution < -0.4 is 5.32 Å². The van der Waals surface area contributed by atoms with E-state index in [1.54, 1.807) is 0 Å². The fourth-order valence-electron chi connectivity index (χ4n) is 4.04. The highest BCUT2D eigenvalue weighted by Gasteiger charge is 2.50. The van der Waals surface area contributed by atoms with Crippen LogP contribution in [0.3, 0.4) is 0 Å². The van der Waals surface area contributed by atoms with E-state index in [1.807, 2.05) is 24.3 Å². The molecule has 0 bridgehead atoms. The average Bonchev–Trinajstić information content (AvgIpc) is 3.00. The topological polar surface area (TPSA) is 66.5 Å². The normalized spacial score (nSPS) is 28.1. The largest absolute Gasteiger partial charge is 0.356 e. The summed E-state index contributed by atoms with van der Waals surface area (Å²) in [6.07, 6.45) is 0.433. The highest BCUT2D eigenvalue weighted by atomic mass is 35.5. The minimum atomic E-state index is -3.13. The van der Waals surface area contributed by atoms with Crippen LogP contribution in [0, 0.1) is 17.8 Å². The molecule has 3 atom stereocenters. The van der Waals surface area contributed by atoms with E-state index in [4.69, 9.17) is 11.6 Å². The Balaban J connectivity index is 1.71. The standard InChI is InChI=1S/C19H27ClN2O3S/c1-13(2)9-21-19(23)16-7-8-26(24,25)18-12-22(11-17(16)18)10-14-3-5-15(20)6-4-14/h3-6,13,16-18H,7-12H2,1-2H3,(H,21,23)/t16-,17+,18+/m0/s1. The third-order valence-electron chi connectivity index (χ3n) is 5.42. The van der Waals surface area contributed by atoms with Crippen molar-refractivity contribution in [2.75, 3.05) is 25.4 Å². The fourth-order valence-corrected chi connectivity index (χ4v) is 6.30. The van der Waals surface area contributed by atoms with Gasteiger partial charge in [-0.3, -0.25) is 9.69 Å². The monoisotopic (exact) mass is 398 g/mol. The van der Waals surface area contributed by atoms with Gasteiger partial charge in [0.2, 0.25) is 5.91 Å². The van der Waals surface area contributed by atoms with E-state index in [1.165, 1.54) is 0 Å². The lowest BCUT2D eigenvalue weighted by Crippen LogP contribution is -2.47. The van der Waals surface area contributed by atoms with Gasteiger partial charge in [-0.1, -0.05) is 37.6 Å². The fraction of sp³-hybridized carbons (Fsp3) is 0.632. The summed E-state index contributed by atoms with van der Waals surface area (Å²) < 4.78 is 25.1. The smallest absolute Gasteiger partial charge is 0.223 e. The first-order valence-electron chi connectivity index (χ1n) is 9.22. The van der Waals surface area contributed by atoms with Crippen LogP contribution in [-0.2, 0) is 21.2 Å². The second-order valence-electron chi connectivity index (χ2n) is 7.92. The zero-order chi connectivity index (χ0) is 18.9. The molecule has 0 saturated carbocycles. The maximum Gasteiger partial charge on any atom is 0.223 e. The summed E-state index contributed by atoms with van der Waals surface area (Å²) >= 11 is 5.93. The minimum Gasteiger partial charge on any atom is -0.356 e. The lowest BCUT2D eigenvalue weighted by atomic mass is 9.87. The van der Waals surface area contributed by atoms with Crippen LogP contribution in [0.5, 0.6) is 0 Å². The van der Waals surface area contributed by atoms with Gasteiger partial charge in [0.05, 0.1) is 11.0 Å². The summed E-state index contributed by atoms with van der Waals surface area (Å²) in [7, 11) is -3.13. The van der Waals surface area contributed by atoms with Gasteiger partial charge in [-0.2, -0.15) is 0 Å². The molecule has 2 aliphatic heterocycles. The number of carbonyl (C=O) groups is 1. The number of benzene rings is 1. The molecule has 2 heterocycles. The molecule has 0 aromatic heterocycles. The highest BCUT2D eigenvalue weighted by Crippen LogP contribution is 2.37. The van der Waals surface area contributed by atoms with Gasteiger partial charge in [-0.25, -0.2) is 8.42 Å². The van der Waals surface area contributed by atoms with Crippen LogP contribution in [0.1, 0.15) is 25.8 Å². The van der Waals surface area contributed by atoms with Crippen molar-refractivity contribution in [3.63, 3.8) is 0 Å². The van der Waals surface area contributed by atoms with Crippen molar-refractivity contribution < 1.29 is 13.2 Å². The second kappa shape index (κ2) is 7.87. The number of hydrogen-bond donors (Lipinski definition) is 1. The third kappa shape index (κ3) is 4.41. The maximum atomic E-state index is 12.6. The lowest BCUT2D eigenvalue weighted by Gasteiger charge is -2.32. The van der Waals surface area contributed by atoms with Gasteiger partial charge in [-0.05, 0) is 30.0 Å². The summed E-state index contributed by atoms with van der Waals surface area (Å²) in [5, 5.41) is 3.25. The highest BCUT2D eigenvalue weighted by molar-refractivity contribution is 7.92. The Morgan fingerprint density at radius 2 is 1.96 bits per heavy atom. The molecule has 0 unspecified atom stereocenters. The van der Waals surface area contributed by atoms with Gasteiger partial charge in [0, 0.05) is 43.0 Å². The Hall–Kier alpha value is -1.11. The van der Waals surface area contributed by atoms with E-state index in [0.29, 0.717) is 43.5 Å². The van der Waals surface area contributed by atoms with Gasteiger partial charge in [0.25, 0.3) is 0 Å². The van der Waals surface area contributed by atoms with Crippen molar-refractivity contribution in [1.82, 2.24) is 10.2 Å². The summed E-state index contributed by atoms with van der Waals surface area (Å²) in [6, 6.07) is 7.62. The van der Waals surface area contributed by atoms with Gasteiger partial charge in [0.15, 0.2) is 9.84 Å². The van der Waals surface area contributed by atoms with Crippen LogP contribution in [0.4, 0.5) is 0 Å². The quantitative estimate of drug-likeness (QED) is 0.826. The Morgan fingerprint density at radius 1 is 1.27 bits per heavy atom. The summed E-state index contributed by atoms with van der Waals surface area (Å²) in [5.41, 5.74) is 1.10. The molecule has 2 fully saturated rings. The second-order valence-corrected chi connectivity index (χ2v) is 10.7. The minimum absolute atomic E-state index is 0.0111. The molecule has 0 radical (unpaired) electrons. The van der Waals surface area contributed by atoms with E-state index in [0.717, 1.165) is 5.56 Å². The molecule has 2 aliphatic rings. The van der Waals surface area contributed by atoms with Crippen molar-refractivity contribution in [3.05, 3.63) is 34.9 Å². The zero-order valence-electron chi connectivity index (χ0n) is 15.3. The van der Waals surface area contributed by atoms with Crippen molar-refractivity contribution in [2.45, 2.75) is 32.1 Å². The zero-order valence-corrected chi connectivity index (χ0v) is 16.9. The van der Waals surface area contributed by atoms with Crippen molar-refractivity contribution >= 4 is 27.3 Å². The number of rotatable bonds is 5. The molecule has 1 aromatic carbocycles. The predicted molar refractivity (Wildman–Crippen MR) is 104 cm³/mol. The molecule has 1 N–H and O–H groups in total. The first kappa shape index (κ1) is 19.6. The van der Waals surface area contributed by atoms with Gasteiger partial charge < -0.3 is 5.32 Å². The Labute approximate surface area is 161 Å². The van der Waals surface area contributed by atoms with Crippen LogP contribution >= 0.6 is 11.6 Å². The Bertz CT molecular complexity index is 749. The van der Waals surface area contributed by atoms with E-state index < -0.39 is 15.1 Å². The number of nitrogens with zero attached hydrogens (tertiary/aromatic N) is 1. The summed E-state index contributed by atoms with van der Waals surface area (Å²) in [6.45, 7) is 6.57. The number of halogens is 1. The molecule has 0 aliphatic carbocycles. The SMILES string of the molecule is CC(C)CNC(=O)[C@H]1CCS(=O)(=O)[C@@H]2CN(Cc3ccc(Cl)cc3)C[C@H]12. The van der Waals surface area contributed by atoms with Gasteiger partial charge >= 0.3 is 0 Å². The average molecular weight is 399 g/mol. The number of hydrogen-bond acceptors (Lipinski definition) is 4. The number of likely N-dealkylation sites (tertiary alicyclic amines) is 1. The van der Waals surface area contributed by atoms with E-state index in [2.05, 4.69) is 24.1 Å². The van der Waals surface area contributed by atoms with E-state index in [9.17, 15) is 13.2 Å². The van der Waals surface area contributed by atoms with Gasteiger partial charge in [-0.15, -0.1) is 0 Å². The molecule has 1 amide bonds. The lowest BCUT2D eigenvalue weighted by molar-refractivity contribution is -0.126. The van der Waals surface area contributed by atoms with Crippen molar-refractivity contribution in [2.24, 2.45) is 17.8 Å². The molecule has 1 aromatic rings. The molecule has 144 valence electrons. The number of sulfone groups is 1. The van der Waals surface area contributed by atoms with Crippen molar-refractivity contribution in [1.29, 1.82) is 0 Å². The molecule has 2 saturated heterocycles. The number of fused-ring (bicyclic) bond motifs is 1. The van der Waals surface area contributed by atoms with Crippen LogP contribution in [0.25, 0.3) is 0 Å². The Morgan fingerprint density at radius 3 is 2.62 bits per heavy atom. The Kier molecular flexibility index (Phi) is 5.94. The van der Waals surface area contributed by atoms with Crippen LogP contribution in [0.15, 0.2) is 24.3 Å². The first-order valence-corrected chi connectivity index (χ1v) is 11.3. The first-order chi connectivity index (χ1) is 12.3. The van der Waals surface area contributed by atoms with Crippen LogP contribution in [0.2, 0.25) is 5.02 Å². The molecule has 26 heavy (non-hydrogen) atoms. The molecule has 3 rings (SSSR count). The molecular weight excluding hydrogens is 372 g/mol. The van der Waals surface area contributed by atoms with Crippen LogP contribution in [-0.4, -0.2) is 49.9 Å². The summed E-state index contributed by atoms with van der Waals surface area (Å²) in [4.78, 5) is 14.8. The van der Waals surface area contributed by atoms with E-state index >= 15 is 0 Å². The number of amides is 1. The molecular formula is C19H27ClN2O3S. The van der Waals surface area contributed by atoms with E-state index in [-0.39, 0.29) is 23.5 Å². The molecule has 7 heteroatoms. The predicted octanol–water partition coefficient (Wildman–Crippen LogP) is 2.35. The third-order valence-corrected chi connectivity index (χ3v) is 7.89. The number of carbonyl (C=O) groups excluding carboxylic acids is 1. The number of nitrogens with one attached hydrogen (secondary N) is 1. The summed E-state index contributed by atoms with van der Waals surface area (Å²) in [5.74, 6) is 0.178. The van der Waals surface area contributed by atoms with Crippen molar-refractivity contribution in [3.8, 4) is 0 Å². The molecule has 5 nitrogen and oxygen atoms in total.